The van der Waals surface area contributed by atoms with Crippen LogP contribution in [0.4, 0.5) is 5.82 Å². The van der Waals surface area contributed by atoms with Crippen LogP contribution < -0.4 is 10.1 Å². The molecule has 1 aliphatic rings. The summed E-state index contributed by atoms with van der Waals surface area (Å²) in [6, 6.07) is 6.60. The average Bonchev–Trinajstić information content (AvgIpc) is 3.14. The number of methoxy groups -OCH3 is 1. The first-order valence-corrected chi connectivity index (χ1v) is 9.91. The van der Waals surface area contributed by atoms with Crippen LogP contribution >= 0.6 is 12.4 Å². The van der Waals surface area contributed by atoms with Crippen molar-refractivity contribution in [1.82, 2.24) is 19.4 Å². The fourth-order valence-corrected chi connectivity index (χ4v) is 4.88. The molecule has 1 aromatic heterocycles. The molecule has 0 amide bonds. The van der Waals surface area contributed by atoms with Crippen molar-refractivity contribution >= 4 is 28.2 Å². The molecule has 0 saturated carbocycles. The van der Waals surface area contributed by atoms with Crippen molar-refractivity contribution in [3.8, 4) is 5.75 Å². The Bertz CT molecular complexity index is 949. The molecule has 1 fully saturated rings. The number of rotatable bonds is 6. The summed E-state index contributed by atoms with van der Waals surface area (Å²) < 4.78 is 34.6. The summed E-state index contributed by atoms with van der Waals surface area (Å²) in [4.78, 5) is 10.2. The van der Waals surface area contributed by atoms with Gasteiger partial charge in [0.25, 0.3) is 10.0 Å². The second-order valence-corrected chi connectivity index (χ2v) is 7.87. The predicted molar refractivity (Wildman–Crippen MR) is 104 cm³/mol. The minimum absolute atomic E-state index is 0. The summed E-state index contributed by atoms with van der Waals surface area (Å²) in [5, 5.41) is 18.3. The number of aromatic nitrogens is 2. The summed E-state index contributed by atoms with van der Waals surface area (Å²) in [7, 11) is -2.62. The highest BCUT2D eigenvalue weighted by molar-refractivity contribution is 7.89. The van der Waals surface area contributed by atoms with E-state index in [9.17, 15) is 18.5 Å². The Morgan fingerprint density at radius 2 is 2.11 bits per heavy atom. The largest absolute Gasteiger partial charge is 0.496 e. The standard InChI is InChI=1S/C16H21N5O5S.ClH/c1-3-19-11-15(16(18-19)21(22)23)27(24,25)20-9-8-17-10-13(20)12-6-4-5-7-14(12)26-2;/h4-7,11,13,17H,3,8-10H2,1-2H3;1H. The molecular weight excluding hydrogens is 410 g/mol. The van der Waals surface area contributed by atoms with E-state index in [-0.39, 0.29) is 19.0 Å². The lowest BCUT2D eigenvalue weighted by Gasteiger charge is -2.35. The van der Waals surface area contributed by atoms with Gasteiger partial charge in [-0.1, -0.05) is 18.2 Å². The van der Waals surface area contributed by atoms with Crippen LogP contribution in [-0.4, -0.2) is 54.2 Å². The minimum Gasteiger partial charge on any atom is -0.496 e. The van der Waals surface area contributed by atoms with Crippen molar-refractivity contribution in [3.05, 3.63) is 46.1 Å². The van der Waals surface area contributed by atoms with Gasteiger partial charge < -0.3 is 20.2 Å². The van der Waals surface area contributed by atoms with Crippen LogP contribution in [0.2, 0.25) is 0 Å². The van der Waals surface area contributed by atoms with E-state index in [0.717, 1.165) is 0 Å². The van der Waals surface area contributed by atoms with Crippen LogP contribution in [0.1, 0.15) is 18.5 Å². The van der Waals surface area contributed by atoms with E-state index in [1.807, 2.05) is 0 Å². The Morgan fingerprint density at radius 3 is 2.75 bits per heavy atom. The number of halogens is 1. The summed E-state index contributed by atoms with van der Waals surface area (Å²) in [6.07, 6.45) is 1.22. The van der Waals surface area contributed by atoms with Crippen molar-refractivity contribution in [1.29, 1.82) is 0 Å². The average molecular weight is 432 g/mol. The monoisotopic (exact) mass is 431 g/mol. The molecule has 1 aromatic carbocycles. The number of hydrogen-bond acceptors (Lipinski definition) is 7. The van der Waals surface area contributed by atoms with E-state index in [1.54, 1.807) is 31.2 Å². The molecule has 1 N–H and O–H groups in total. The number of nitro groups is 1. The summed E-state index contributed by atoms with van der Waals surface area (Å²) in [5.41, 5.74) is 0.696. The minimum atomic E-state index is -4.14. The van der Waals surface area contributed by atoms with Gasteiger partial charge in [0.1, 0.15) is 5.75 Å². The highest BCUT2D eigenvalue weighted by Crippen LogP contribution is 2.35. The second kappa shape index (κ2) is 8.86. The summed E-state index contributed by atoms with van der Waals surface area (Å²) in [6.45, 7) is 3.05. The molecule has 12 heteroatoms. The maximum Gasteiger partial charge on any atom is 0.410 e. The smallest absolute Gasteiger partial charge is 0.410 e. The molecule has 154 valence electrons. The van der Waals surface area contributed by atoms with Crippen molar-refractivity contribution in [2.45, 2.75) is 24.4 Å². The van der Waals surface area contributed by atoms with Crippen LogP contribution in [0, 0.1) is 10.1 Å². The van der Waals surface area contributed by atoms with Crippen LogP contribution in [0.25, 0.3) is 0 Å². The third kappa shape index (κ3) is 3.97. The number of para-hydroxylation sites is 1. The van der Waals surface area contributed by atoms with Gasteiger partial charge in [0.15, 0.2) is 0 Å². The first kappa shape index (κ1) is 22.1. The number of nitrogens with one attached hydrogen (secondary N) is 1. The molecule has 1 aliphatic heterocycles. The molecule has 1 unspecified atom stereocenters. The third-order valence-electron chi connectivity index (χ3n) is 4.49. The van der Waals surface area contributed by atoms with Gasteiger partial charge in [0, 0.05) is 25.2 Å². The van der Waals surface area contributed by atoms with Gasteiger partial charge in [-0.25, -0.2) is 8.42 Å². The number of nitrogens with zero attached hydrogens (tertiary/aromatic N) is 4. The Labute approximate surface area is 169 Å². The van der Waals surface area contributed by atoms with E-state index in [2.05, 4.69) is 10.4 Å². The fraction of sp³-hybridized carbons (Fsp3) is 0.438. The predicted octanol–water partition coefficient (Wildman–Crippen LogP) is 1.58. The molecule has 10 nitrogen and oxygen atoms in total. The van der Waals surface area contributed by atoms with Crippen LogP contribution in [0.5, 0.6) is 5.75 Å². The maximum absolute atomic E-state index is 13.3. The molecule has 3 rings (SSSR count). The van der Waals surface area contributed by atoms with Gasteiger partial charge in [-0.3, -0.25) is 0 Å². The Hall–Kier alpha value is -2.21. The zero-order valence-corrected chi connectivity index (χ0v) is 17.1. The van der Waals surface area contributed by atoms with Gasteiger partial charge >= 0.3 is 5.82 Å². The normalized spacial score (nSPS) is 17.7. The number of benzene rings is 1. The molecular formula is C16H22ClN5O5S. The van der Waals surface area contributed by atoms with Crippen LogP contribution in [0.3, 0.4) is 0 Å². The number of sulfonamides is 1. The zero-order valence-electron chi connectivity index (χ0n) is 15.4. The number of ether oxygens (including phenoxy) is 1. The van der Waals surface area contributed by atoms with Gasteiger partial charge in [-0.05, 0) is 17.9 Å². The molecule has 2 aromatic rings. The van der Waals surface area contributed by atoms with Gasteiger partial charge in [-0.15, -0.1) is 12.4 Å². The van der Waals surface area contributed by atoms with Crippen molar-refractivity contribution < 1.29 is 18.1 Å². The number of piperazine rings is 1. The first-order valence-electron chi connectivity index (χ1n) is 8.47. The topological polar surface area (TPSA) is 120 Å². The van der Waals surface area contributed by atoms with E-state index in [4.69, 9.17) is 4.74 Å². The van der Waals surface area contributed by atoms with E-state index in [1.165, 1.54) is 22.3 Å². The maximum atomic E-state index is 13.3. The quantitative estimate of drug-likeness (QED) is 0.544. The highest BCUT2D eigenvalue weighted by atomic mass is 35.5. The van der Waals surface area contributed by atoms with Crippen molar-refractivity contribution in [2.75, 3.05) is 26.7 Å². The molecule has 1 atom stereocenters. The number of aryl methyl sites for hydroxylation is 1. The summed E-state index contributed by atoms with van der Waals surface area (Å²) in [5.74, 6) is -0.0979. The van der Waals surface area contributed by atoms with Crippen LogP contribution in [0.15, 0.2) is 35.4 Å². The highest BCUT2D eigenvalue weighted by Gasteiger charge is 2.41. The molecule has 2 heterocycles. The Morgan fingerprint density at radius 1 is 1.39 bits per heavy atom. The third-order valence-corrected chi connectivity index (χ3v) is 6.38. The molecule has 0 aliphatic carbocycles. The van der Waals surface area contributed by atoms with E-state index in [0.29, 0.717) is 30.9 Å². The fourth-order valence-electron chi connectivity index (χ4n) is 3.17. The Balaban J connectivity index is 0.00000280. The van der Waals surface area contributed by atoms with Gasteiger partial charge in [0.05, 0.1) is 31.0 Å². The van der Waals surface area contributed by atoms with Gasteiger partial charge in [-0.2, -0.15) is 8.99 Å². The lowest BCUT2D eigenvalue weighted by Crippen LogP contribution is -2.48. The first-order chi connectivity index (χ1) is 12.9. The van der Waals surface area contributed by atoms with Crippen molar-refractivity contribution in [2.24, 2.45) is 0 Å². The lowest BCUT2D eigenvalue weighted by atomic mass is 10.0. The Kier molecular flexibility index (Phi) is 6.99. The van der Waals surface area contributed by atoms with Crippen molar-refractivity contribution in [3.63, 3.8) is 0 Å². The summed E-state index contributed by atoms with van der Waals surface area (Å²) >= 11 is 0. The molecule has 0 spiro atoms. The zero-order chi connectivity index (χ0) is 19.6. The second-order valence-electron chi connectivity index (χ2n) is 6.01. The molecule has 28 heavy (non-hydrogen) atoms. The van der Waals surface area contributed by atoms with Crippen LogP contribution in [-0.2, 0) is 16.6 Å². The molecule has 0 radical (unpaired) electrons. The van der Waals surface area contributed by atoms with E-state index < -0.39 is 31.7 Å². The lowest BCUT2D eigenvalue weighted by molar-refractivity contribution is -0.392. The SMILES string of the molecule is CCn1cc(S(=O)(=O)N2CCNCC2c2ccccc2OC)c([N+](=O)[O-])n1.Cl. The van der Waals surface area contributed by atoms with E-state index >= 15 is 0 Å². The van der Waals surface area contributed by atoms with Gasteiger partial charge in [0.2, 0.25) is 4.90 Å². The molecule has 1 saturated heterocycles. The number of hydrogen-bond donors (Lipinski definition) is 1. The molecule has 0 bridgehead atoms.